The highest BCUT2D eigenvalue weighted by atomic mass is 35.5. The number of pyridine rings is 2. The molecule has 0 saturated heterocycles. The van der Waals surface area contributed by atoms with Crippen LogP contribution in [-0.4, -0.2) is 136 Å². The van der Waals surface area contributed by atoms with Gasteiger partial charge in [0.15, 0.2) is 5.78 Å². The molecule has 98 heavy (non-hydrogen) atoms. The number of carboxylic acid groups (broad SMARTS) is 2. The first-order valence-electron chi connectivity index (χ1n) is 31.2. The second-order valence-electron chi connectivity index (χ2n) is 23.4. The topological polar surface area (TPSA) is 397 Å². The van der Waals surface area contributed by atoms with Gasteiger partial charge in [-0.1, -0.05) is 102 Å². The summed E-state index contributed by atoms with van der Waals surface area (Å²) < 4.78 is 9.57. The fourth-order valence-electron chi connectivity index (χ4n) is 12.5. The van der Waals surface area contributed by atoms with Crippen molar-refractivity contribution in [3.63, 3.8) is 0 Å². The number of fused-ring (bicyclic) bond motifs is 6. The summed E-state index contributed by atoms with van der Waals surface area (Å²) in [5.74, 6) is -4.69. The minimum Gasteiger partial charge on any atom is -0.480 e. The van der Waals surface area contributed by atoms with Gasteiger partial charge in [-0.05, 0) is 104 Å². The van der Waals surface area contributed by atoms with Crippen molar-refractivity contribution in [1.82, 2.24) is 20.6 Å². The molecule has 12 rings (SSSR count). The smallest absolute Gasteiger partial charge is 0.335 e. The molecule has 0 unspecified atom stereocenters. The van der Waals surface area contributed by atoms with E-state index in [1.807, 2.05) is 12.1 Å². The van der Waals surface area contributed by atoms with Crippen LogP contribution in [0.1, 0.15) is 124 Å². The lowest BCUT2D eigenvalue weighted by atomic mass is 9.88. The van der Waals surface area contributed by atoms with Crippen LogP contribution in [0.25, 0.3) is 0 Å². The van der Waals surface area contributed by atoms with Gasteiger partial charge in [-0.2, -0.15) is 0 Å². The number of nitrogens with two attached hydrogens (primary N) is 2. The molecule has 27 heteroatoms. The fraction of sp³-hybridized carbons (Fsp3) is 0.282. The van der Waals surface area contributed by atoms with Crippen LogP contribution in [0.4, 0.5) is 22.7 Å². The third kappa shape index (κ3) is 17.3. The van der Waals surface area contributed by atoms with Gasteiger partial charge in [0.05, 0.1) is 81.3 Å². The van der Waals surface area contributed by atoms with Crippen LogP contribution in [0.3, 0.4) is 0 Å². The quantitative estimate of drug-likeness (QED) is 0.0129. The van der Waals surface area contributed by atoms with Gasteiger partial charge in [0.25, 0.3) is 11.8 Å². The SMILES string of the molecule is CCOC(=O)CCC(=O)c1cccc(C=O)c1.CCOC(=O)CNC(=O)c1cccc(C2=Nc3c(ncc(Cl)c3N[C@H]3[C@@H](C(N)=O)[C@@H]4C=C[C@H]3C4)C2)c1.NC(=O)[C@@H]1[C@H](Nc2c(Cl)cnc3c2N=C(c2cccc(C(=O)NCC(=O)O)c2)C3)[C@H]2C=C[C@@H]1C2.O=Cc1cccc(C(=O)O)c1. The van der Waals surface area contributed by atoms with Crippen molar-refractivity contribution in [2.45, 2.75) is 64.5 Å². The third-order valence-corrected chi connectivity index (χ3v) is 17.6. The molecule has 0 radical (unpaired) electrons. The van der Waals surface area contributed by atoms with Crippen LogP contribution in [0.15, 0.2) is 144 Å². The number of nitrogens with zero attached hydrogens (tertiary/aromatic N) is 4. The number of aromatic carboxylic acids is 1. The first-order valence-corrected chi connectivity index (χ1v) is 32.0. The Labute approximate surface area is 571 Å². The lowest BCUT2D eigenvalue weighted by molar-refractivity contribution is -0.143. The van der Waals surface area contributed by atoms with E-state index in [1.54, 1.807) is 86.9 Å². The summed E-state index contributed by atoms with van der Waals surface area (Å²) in [6, 6.07) is 25.8. The highest BCUT2D eigenvalue weighted by molar-refractivity contribution is 6.34. The average molecular weight is 1370 g/mol. The van der Waals surface area contributed by atoms with Crippen LogP contribution in [-0.2, 0) is 46.3 Å². The molecule has 2 aromatic heterocycles. The summed E-state index contributed by atoms with van der Waals surface area (Å²) in [7, 11) is 0. The number of ether oxygens (including phenoxy) is 2. The number of primary amides is 2. The first-order chi connectivity index (χ1) is 47.1. The molecule has 8 atom stereocenters. The Hall–Kier alpha value is -11.1. The largest absolute Gasteiger partial charge is 0.480 e. The van der Waals surface area contributed by atoms with Gasteiger partial charge in [-0.25, -0.2) is 14.8 Å². The molecule has 6 aliphatic rings. The number of nitrogens with one attached hydrogen (secondary N) is 4. The number of aliphatic carboxylic acids is 1. The lowest BCUT2D eigenvalue weighted by Crippen LogP contribution is -2.41. The molecular formula is C71H68Cl2N10O15. The minimum atomic E-state index is -1.12. The lowest BCUT2D eigenvalue weighted by Gasteiger charge is -2.28. The normalized spacial score (nSPS) is 19.6. The summed E-state index contributed by atoms with van der Waals surface area (Å²) in [6.07, 6.45) is 15.7. The Kier molecular flexibility index (Phi) is 23.7. The maximum atomic E-state index is 12.5. The van der Waals surface area contributed by atoms with Crippen molar-refractivity contribution in [3.05, 3.63) is 200 Å². The summed E-state index contributed by atoms with van der Waals surface area (Å²) in [4.78, 5) is 144. The molecule has 2 fully saturated rings. The number of hydrogen-bond donors (Lipinski definition) is 8. The van der Waals surface area contributed by atoms with E-state index in [0.29, 0.717) is 98.3 Å². The molecule has 2 saturated carbocycles. The number of anilines is 2. The number of rotatable bonds is 23. The van der Waals surface area contributed by atoms with E-state index in [9.17, 15) is 52.7 Å². The van der Waals surface area contributed by atoms with Gasteiger partial charge in [0, 0.05) is 71.6 Å². The summed E-state index contributed by atoms with van der Waals surface area (Å²) in [5, 5.41) is 29.9. The Morgan fingerprint density at radius 3 is 1.43 bits per heavy atom. The van der Waals surface area contributed by atoms with E-state index in [-0.39, 0.29) is 109 Å². The Morgan fingerprint density at radius 1 is 0.551 bits per heavy atom. The zero-order chi connectivity index (χ0) is 70.3. The number of Topliss-reactive ketones (excluding diaryl/α,β-unsaturated/α-hetero) is 1. The maximum Gasteiger partial charge on any atom is 0.335 e. The number of aliphatic imine (C=N–C) groups is 2. The predicted molar refractivity (Wildman–Crippen MR) is 363 cm³/mol. The van der Waals surface area contributed by atoms with Crippen molar-refractivity contribution in [2.75, 3.05) is 36.9 Å². The number of carboxylic acids is 2. The fourth-order valence-corrected chi connectivity index (χ4v) is 12.9. The zero-order valence-corrected chi connectivity index (χ0v) is 54.5. The predicted octanol–water partition coefficient (Wildman–Crippen LogP) is 8.33. The molecule has 25 nitrogen and oxygen atoms in total. The number of halogens is 2. The Morgan fingerprint density at radius 2 is 0.980 bits per heavy atom. The number of amides is 4. The van der Waals surface area contributed by atoms with Crippen molar-refractivity contribution in [2.24, 2.45) is 57.0 Å². The molecule has 506 valence electrons. The number of carbonyl (C=O) groups is 11. The first kappa shape index (κ1) is 71.2. The molecule has 4 amide bonds. The number of aromatic nitrogens is 2. The number of ketones is 1. The van der Waals surface area contributed by atoms with E-state index in [0.717, 1.165) is 41.1 Å². The molecule has 10 N–H and O–H groups in total. The number of allylic oxidation sites excluding steroid dienone is 2. The Balaban J connectivity index is 0.000000167. The molecular weight excluding hydrogens is 1300 g/mol. The second kappa shape index (κ2) is 32.6. The van der Waals surface area contributed by atoms with Crippen molar-refractivity contribution >= 4 is 123 Å². The van der Waals surface area contributed by atoms with E-state index in [4.69, 9.17) is 64.3 Å². The van der Waals surface area contributed by atoms with Crippen LogP contribution < -0.4 is 32.7 Å². The standard InChI is InChI=1S/C26H26ClN5O4.C24H22ClN5O4.C13H14O4.C8H6O3/c1-2-36-20(33)12-30-26(35)16-5-3-4-13(8-16)18-10-19-24(31-18)23(17(27)11-29-19)32-22-15-7-6-14(9-15)21(22)25(28)34;25-15-9-27-17-8-16(11-2-1-3-14(6-11)24(34)28-10-18(31)32)29-22(17)21(15)30-20-13-5-4-12(7-13)19(20)23(26)33;1-2-17-13(16)7-6-12(15)11-5-3-4-10(8-11)9-14;9-5-6-2-1-3-7(4-6)8(10)11/h3-8,11,14-15,21-22H,2,9-10,12H2,1H3,(H2,28,34)(H,29,32)(H,30,35);1-6,9,12-13,19-20H,7-8,10H2,(H2,26,33)(H,27,30)(H,28,34)(H,31,32);3-5,8-9H,2,6-7H2,1H3;1-5H,(H,10,11)/t14-,15+,21+,22-;12-,13+,19+,20-;;/m11../s1. The Bertz CT molecular complexity index is 4290. The van der Waals surface area contributed by atoms with Gasteiger partial charge in [-0.3, -0.25) is 57.9 Å². The molecule has 0 spiro atoms. The number of hydrogen-bond acceptors (Lipinski definition) is 19. The van der Waals surface area contributed by atoms with Gasteiger partial charge < -0.3 is 52.4 Å². The van der Waals surface area contributed by atoms with E-state index in [1.165, 1.54) is 24.3 Å². The van der Waals surface area contributed by atoms with Crippen LogP contribution in [0.2, 0.25) is 10.0 Å². The number of carbonyl (C=O) groups excluding carboxylic acids is 9. The van der Waals surface area contributed by atoms with Crippen molar-refractivity contribution < 1.29 is 72.4 Å². The molecule has 4 aliphatic carbocycles. The number of aldehydes is 2. The number of benzene rings is 4. The third-order valence-electron chi connectivity index (χ3n) is 17.0. The summed E-state index contributed by atoms with van der Waals surface area (Å²) in [5.41, 5.74) is 20.5. The van der Waals surface area contributed by atoms with E-state index in [2.05, 4.69) is 55.5 Å². The van der Waals surface area contributed by atoms with Crippen molar-refractivity contribution in [3.8, 4) is 0 Å². The average Bonchev–Trinajstić information content (AvgIpc) is 1.61. The van der Waals surface area contributed by atoms with E-state index < -0.39 is 30.4 Å². The van der Waals surface area contributed by atoms with Gasteiger partial charge in [-0.15, -0.1) is 0 Å². The molecule has 2 aliphatic heterocycles. The second-order valence-corrected chi connectivity index (χ2v) is 24.2. The van der Waals surface area contributed by atoms with Gasteiger partial charge in [0.2, 0.25) is 11.8 Å². The minimum absolute atomic E-state index is 0.0675. The highest BCUT2D eigenvalue weighted by Gasteiger charge is 2.49. The maximum absolute atomic E-state index is 12.5. The van der Waals surface area contributed by atoms with Crippen LogP contribution >= 0.6 is 23.2 Å². The number of esters is 2. The molecule has 4 heterocycles. The summed E-state index contributed by atoms with van der Waals surface area (Å²) in [6.45, 7) is 3.32. The molecule has 4 aromatic carbocycles. The highest BCUT2D eigenvalue weighted by Crippen LogP contribution is 2.49. The van der Waals surface area contributed by atoms with Gasteiger partial charge >= 0.3 is 23.9 Å². The molecule has 4 bridgehead atoms. The zero-order valence-electron chi connectivity index (χ0n) is 52.9. The van der Waals surface area contributed by atoms with Crippen LogP contribution in [0.5, 0.6) is 0 Å². The van der Waals surface area contributed by atoms with E-state index >= 15 is 0 Å². The summed E-state index contributed by atoms with van der Waals surface area (Å²) >= 11 is 13.0. The van der Waals surface area contributed by atoms with Gasteiger partial charge in [0.1, 0.15) is 37.0 Å². The van der Waals surface area contributed by atoms with Crippen molar-refractivity contribution in [1.29, 1.82) is 0 Å². The monoisotopic (exact) mass is 1370 g/mol. The molecule has 6 aromatic rings. The van der Waals surface area contributed by atoms with Crippen LogP contribution in [0, 0.1) is 35.5 Å².